The van der Waals surface area contributed by atoms with Crippen LogP contribution in [-0.4, -0.2) is 15.0 Å². The van der Waals surface area contributed by atoms with Gasteiger partial charge in [-0.1, -0.05) is 6.08 Å². The van der Waals surface area contributed by atoms with Crippen LogP contribution in [0.25, 0.3) is 0 Å². The van der Waals surface area contributed by atoms with Gasteiger partial charge in [-0.15, -0.1) is 6.58 Å². The smallest absolute Gasteiger partial charge is 0.261 e. The minimum atomic E-state index is -3.67. The molecule has 0 unspecified atom stereocenters. The molecule has 3 nitrogen and oxygen atoms in total. The molecular formula is C11H13ClO3S. The Morgan fingerprint density at radius 3 is 2.69 bits per heavy atom. The molecule has 0 fully saturated rings. The third-order valence-corrected chi connectivity index (χ3v) is 3.48. The van der Waals surface area contributed by atoms with Crippen LogP contribution in [0, 0.1) is 6.92 Å². The molecule has 0 N–H and O–H groups in total. The molecule has 0 aromatic heterocycles. The Bertz CT molecular complexity index is 480. The van der Waals surface area contributed by atoms with Crippen molar-refractivity contribution in [3.05, 3.63) is 36.4 Å². The monoisotopic (exact) mass is 260 g/mol. The molecule has 0 amide bonds. The highest BCUT2D eigenvalue weighted by Crippen LogP contribution is 2.23. The SMILES string of the molecule is C=CCCOc1ccc(S(=O)(=O)Cl)c(C)c1. The van der Waals surface area contributed by atoms with Crippen LogP contribution < -0.4 is 4.74 Å². The summed E-state index contributed by atoms with van der Waals surface area (Å²) in [6.07, 6.45) is 2.50. The summed E-state index contributed by atoms with van der Waals surface area (Å²) in [7, 11) is 1.59. The van der Waals surface area contributed by atoms with Gasteiger partial charge in [0.25, 0.3) is 9.05 Å². The fraction of sp³-hybridized carbons (Fsp3) is 0.273. The molecule has 0 aliphatic rings. The summed E-state index contributed by atoms with van der Waals surface area (Å²) in [5, 5.41) is 0. The first-order chi connectivity index (χ1) is 7.45. The van der Waals surface area contributed by atoms with Gasteiger partial charge in [0.15, 0.2) is 0 Å². The van der Waals surface area contributed by atoms with E-state index in [0.717, 1.165) is 6.42 Å². The third kappa shape index (κ3) is 3.54. The van der Waals surface area contributed by atoms with E-state index in [9.17, 15) is 8.42 Å². The van der Waals surface area contributed by atoms with Gasteiger partial charge in [0.05, 0.1) is 11.5 Å². The van der Waals surface area contributed by atoms with Crippen molar-refractivity contribution < 1.29 is 13.2 Å². The Morgan fingerprint density at radius 1 is 1.50 bits per heavy atom. The molecule has 1 aromatic rings. The van der Waals surface area contributed by atoms with Gasteiger partial charge in [-0.3, -0.25) is 0 Å². The molecule has 0 aliphatic carbocycles. The summed E-state index contributed by atoms with van der Waals surface area (Å²) in [5.41, 5.74) is 0.575. The van der Waals surface area contributed by atoms with Crippen molar-refractivity contribution in [2.75, 3.05) is 6.61 Å². The highest BCUT2D eigenvalue weighted by atomic mass is 35.7. The van der Waals surface area contributed by atoms with Gasteiger partial charge in [-0.2, -0.15) is 0 Å². The normalized spacial score (nSPS) is 11.1. The maximum Gasteiger partial charge on any atom is 0.261 e. The van der Waals surface area contributed by atoms with Crippen LogP contribution in [0.4, 0.5) is 0 Å². The minimum Gasteiger partial charge on any atom is -0.493 e. The van der Waals surface area contributed by atoms with Crippen molar-refractivity contribution in [1.82, 2.24) is 0 Å². The molecule has 0 bridgehead atoms. The van der Waals surface area contributed by atoms with Crippen molar-refractivity contribution in [2.45, 2.75) is 18.2 Å². The molecule has 88 valence electrons. The zero-order chi connectivity index (χ0) is 12.2. The highest BCUT2D eigenvalue weighted by molar-refractivity contribution is 8.13. The first-order valence-electron chi connectivity index (χ1n) is 4.74. The van der Waals surface area contributed by atoms with E-state index in [-0.39, 0.29) is 4.90 Å². The van der Waals surface area contributed by atoms with E-state index < -0.39 is 9.05 Å². The van der Waals surface area contributed by atoms with Gasteiger partial charge in [-0.05, 0) is 37.1 Å². The van der Waals surface area contributed by atoms with Crippen LogP contribution in [0.5, 0.6) is 5.75 Å². The Morgan fingerprint density at radius 2 is 2.19 bits per heavy atom. The lowest BCUT2D eigenvalue weighted by atomic mass is 10.2. The summed E-state index contributed by atoms with van der Waals surface area (Å²) in [6, 6.07) is 4.69. The number of hydrogen-bond acceptors (Lipinski definition) is 3. The first-order valence-corrected chi connectivity index (χ1v) is 7.05. The fourth-order valence-electron chi connectivity index (χ4n) is 1.25. The topological polar surface area (TPSA) is 43.4 Å². The molecule has 0 saturated carbocycles. The van der Waals surface area contributed by atoms with Gasteiger partial charge in [-0.25, -0.2) is 8.42 Å². The standard InChI is InChI=1S/C11H13ClO3S/c1-3-4-7-15-10-5-6-11(9(2)8-10)16(12,13)14/h3,5-6,8H,1,4,7H2,2H3. The molecule has 0 saturated heterocycles. The summed E-state index contributed by atoms with van der Waals surface area (Å²) in [6.45, 7) is 5.78. The van der Waals surface area contributed by atoms with Crippen molar-refractivity contribution in [3.63, 3.8) is 0 Å². The molecule has 1 aromatic carbocycles. The molecule has 0 spiro atoms. The summed E-state index contributed by atoms with van der Waals surface area (Å²) in [4.78, 5) is 0.116. The predicted molar refractivity (Wildman–Crippen MR) is 64.5 cm³/mol. The second-order valence-corrected chi connectivity index (χ2v) is 5.83. The number of halogens is 1. The number of hydrogen-bond donors (Lipinski definition) is 0. The third-order valence-electron chi connectivity index (χ3n) is 2.00. The van der Waals surface area contributed by atoms with E-state index in [1.54, 1.807) is 25.1 Å². The predicted octanol–water partition coefficient (Wildman–Crippen LogP) is 2.88. The van der Waals surface area contributed by atoms with Crippen molar-refractivity contribution in [3.8, 4) is 5.75 Å². The van der Waals surface area contributed by atoms with Crippen molar-refractivity contribution in [1.29, 1.82) is 0 Å². The summed E-state index contributed by atoms with van der Waals surface area (Å²) in [5.74, 6) is 0.628. The van der Waals surface area contributed by atoms with E-state index in [1.165, 1.54) is 6.07 Å². The quantitative estimate of drug-likeness (QED) is 0.464. The van der Waals surface area contributed by atoms with Gasteiger partial charge < -0.3 is 4.74 Å². The van der Waals surface area contributed by atoms with Crippen LogP contribution >= 0.6 is 10.7 Å². The van der Waals surface area contributed by atoms with Crippen LogP contribution in [-0.2, 0) is 9.05 Å². The Kier molecular flexibility index (Phi) is 4.38. The zero-order valence-corrected chi connectivity index (χ0v) is 10.5. The molecule has 0 atom stereocenters. The van der Waals surface area contributed by atoms with Crippen LogP contribution in [0.3, 0.4) is 0 Å². The van der Waals surface area contributed by atoms with Crippen LogP contribution in [0.2, 0.25) is 0 Å². The Hall–Kier alpha value is -1.00. The second-order valence-electron chi connectivity index (χ2n) is 3.29. The maximum atomic E-state index is 11.1. The van der Waals surface area contributed by atoms with Crippen LogP contribution in [0.15, 0.2) is 35.7 Å². The van der Waals surface area contributed by atoms with Gasteiger partial charge >= 0.3 is 0 Å². The maximum absolute atomic E-state index is 11.1. The number of ether oxygens (including phenoxy) is 1. The average molecular weight is 261 g/mol. The molecule has 0 aliphatic heterocycles. The van der Waals surface area contributed by atoms with E-state index in [1.807, 2.05) is 0 Å². The summed E-state index contributed by atoms with van der Waals surface area (Å²) < 4.78 is 27.7. The van der Waals surface area contributed by atoms with E-state index >= 15 is 0 Å². The number of benzene rings is 1. The summed E-state index contributed by atoms with van der Waals surface area (Å²) >= 11 is 0. The number of rotatable bonds is 5. The van der Waals surface area contributed by atoms with Crippen molar-refractivity contribution >= 4 is 19.7 Å². The lowest BCUT2D eigenvalue weighted by molar-refractivity contribution is 0.324. The zero-order valence-electron chi connectivity index (χ0n) is 8.94. The van der Waals surface area contributed by atoms with E-state index in [0.29, 0.717) is 17.9 Å². The molecule has 0 heterocycles. The van der Waals surface area contributed by atoms with Gasteiger partial charge in [0, 0.05) is 10.7 Å². The second kappa shape index (κ2) is 5.37. The van der Waals surface area contributed by atoms with Crippen LogP contribution in [0.1, 0.15) is 12.0 Å². The largest absolute Gasteiger partial charge is 0.493 e. The lowest BCUT2D eigenvalue weighted by Crippen LogP contribution is -1.98. The Labute approximate surface area is 100 Å². The lowest BCUT2D eigenvalue weighted by Gasteiger charge is -2.07. The molecule has 16 heavy (non-hydrogen) atoms. The fourth-order valence-corrected chi connectivity index (χ4v) is 2.44. The molecule has 5 heteroatoms. The molecule has 1 rings (SSSR count). The molecule has 0 radical (unpaired) electrons. The van der Waals surface area contributed by atoms with Crippen molar-refractivity contribution in [2.24, 2.45) is 0 Å². The van der Waals surface area contributed by atoms with Gasteiger partial charge in [0.2, 0.25) is 0 Å². The average Bonchev–Trinajstić information content (AvgIpc) is 2.16. The number of aryl methyl sites for hydroxylation is 1. The van der Waals surface area contributed by atoms with E-state index in [4.69, 9.17) is 15.4 Å². The van der Waals surface area contributed by atoms with E-state index in [2.05, 4.69) is 6.58 Å². The molecular weight excluding hydrogens is 248 g/mol. The highest BCUT2D eigenvalue weighted by Gasteiger charge is 2.13. The minimum absolute atomic E-state index is 0.116. The Balaban J connectivity index is 2.87. The van der Waals surface area contributed by atoms with Gasteiger partial charge in [0.1, 0.15) is 5.75 Å². The first kappa shape index (κ1) is 13.1.